The standard InChI is InChI=1S/C20H20N4O6S/c1-28-14-7-11(8-15(29-2)17(14)30-3)22-16(25)9-12-10-31-20(23-12)24-19(27)13-5-4-6-21-18(13)26/h4-8,10,13H,9H2,1-3H3,(H,22,25)(H,23,24,27). The lowest BCUT2D eigenvalue weighted by Gasteiger charge is -2.14. The van der Waals surface area contributed by atoms with Crippen molar-refractivity contribution in [2.75, 3.05) is 32.0 Å². The molecule has 3 rings (SSSR count). The van der Waals surface area contributed by atoms with Crippen LogP contribution in [0.15, 0.2) is 34.7 Å². The summed E-state index contributed by atoms with van der Waals surface area (Å²) in [5, 5.41) is 7.27. The number of ether oxygens (including phenoxy) is 3. The maximum atomic E-state index is 12.4. The van der Waals surface area contributed by atoms with Crippen LogP contribution in [0.5, 0.6) is 17.2 Å². The number of rotatable bonds is 8. The summed E-state index contributed by atoms with van der Waals surface area (Å²) < 4.78 is 15.8. The zero-order chi connectivity index (χ0) is 22.4. The number of aliphatic imine (C=N–C) groups is 1. The molecular formula is C20H20N4O6S. The van der Waals surface area contributed by atoms with E-state index in [-0.39, 0.29) is 17.5 Å². The van der Waals surface area contributed by atoms with Gasteiger partial charge >= 0.3 is 0 Å². The Hall–Kier alpha value is -3.73. The molecule has 1 aromatic heterocycles. The third-order valence-electron chi connectivity index (χ3n) is 4.21. The SMILES string of the molecule is COc1cc(NC(=O)Cc2csc(NC(=O)C3C=CC=NC3=O)n2)cc(OC)c1OC. The van der Waals surface area contributed by atoms with E-state index in [0.29, 0.717) is 28.6 Å². The summed E-state index contributed by atoms with van der Waals surface area (Å²) >= 11 is 1.16. The summed E-state index contributed by atoms with van der Waals surface area (Å²) in [6.45, 7) is 0. The van der Waals surface area contributed by atoms with Crippen molar-refractivity contribution < 1.29 is 28.6 Å². The summed E-state index contributed by atoms with van der Waals surface area (Å²) in [6.07, 6.45) is 4.31. The third kappa shape index (κ3) is 5.25. The highest BCUT2D eigenvalue weighted by atomic mass is 32.1. The van der Waals surface area contributed by atoms with E-state index in [1.54, 1.807) is 17.5 Å². The van der Waals surface area contributed by atoms with E-state index >= 15 is 0 Å². The van der Waals surface area contributed by atoms with Crippen molar-refractivity contribution in [2.45, 2.75) is 6.42 Å². The van der Waals surface area contributed by atoms with E-state index in [4.69, 9.17) is 14.2 Å². The number of nitrogens with zero attached hydrogens (tertiary/aromatic N) is 2. The molecule has 3 amide bonds. The molecular weight excluding hydrogens is 424 g/mol. The number of carbonyl (C=O) groups excluding carboxylic acids is 3. The molecule has 0 saturated carbocycles. The first-order valence-corrected chi connectivity index (χ1v) is 9.93. The predicted molar refractivity (Wildman–Crippen MR) is 115 cm³/mol. The average molecular weight is 444 g/mol. The molecule has 10 nitrogen and oxygen atoms in total. The third-order valence-corrected chi connectivity index (χ3v) is 5.02. The fraction of sp³-hybridized carbons (Fsp3) is 0.250. The first-order chi connectivity index (χ1) is 14.9. The molecule has 1 aliphatic heterocycles. The Labute approximate surface area is 181 Å². The highest BCUT2D eigenvalue weighted by molar-refractivity contribution is 7.14. The van der Waals surface area contributed by atoms with E-state index in [1.807, 2.05) is 0 Å². The van der Waals surface area contributed by atoms with Crippen LogP contribution >= 0.6 is 11.3 Å². The van der Waals surface area contributed by atoms with Gasteiger partial charge in [0.05, 0.1) is 33.4 Å². The topological polar surface area (TPSA) is 128 Å². The fourth-order valence-electron chi connectivity index (χ4n) is 2.79. The highest BCUT2D eigenvalue weighted by Crippen LogP contribution is 2.39. The molecule has 2 N–H and O–H groups in total. The number of methoxy groups -OCH3 is 3. The zero-order valence-corrected chi connectivity index (χ0v) is 17.8. The van der Waals surface area contributed by atoms with Crippen LogP contribution in [-0.4, -0.2) is 50.2 Å². The van der Waals surface area contributed by atoms with Gasteiger partial charge in [0.15, 0.2) is 16.6 Å². The van der Waals surface area contributed by atoms with Crippen molar-refractivity contribution in [1.82, 2.24) is 4.98 Å². The van der Waals surface area contributed by atoms with Crippen LogP contribution in [0.25, 0.3) is 0 Å². The fourth-order valence-corrected chi connectivity index (χ4v) is 3.50. The maximum absolute atomic E-state index is 12.4. The molecule has 0 spiro atoms. The summed E-state index contributed by atoms with van der Waals surface area (Å²) in [5.41, 5.74) is 0.931. The second-order valence-electron chi connectivity index (χ2n) is 6.25. The lowest BCUT2D eigenvalue weighted by Crippen LogP contribution is -2.28. The van der Waals surface area contributed by atoms with Gasteiger partial charge in [-0.2, -0.15) is 0 Å². The van der Waals surface area contributed by atoms with Crippen molar-refractivity contribution in [3.63, 3.8) is 0 Å². The molecule has 1 atom stereocenters. The number of nitrogens with one attached hydrogen (secondary N) is 2. The summed E-state index contributed by atoms with van der Waals surface area (Å²) in [4.78, 5) is 44.2. The van der Waals surface area contributed by atoms with Gasteiger partial charge in [0, 0.05) is 29.4 Å². The second kappa shape index (κ2) is 9.85. The van der Waals surface area contributed by atoms with Gasteiger partial charge in [-0.3, -0.25) is 14.4 Å². The predicted octanol–water partition coefficient (Wildman–Crippen LogP) is 2.07. The van der Waals surface area contributed by atoms with Crippen molar-refractivity contribution in [3.05, 3.63) is 35.4 Å². The second-order valence-corrected chi connectivity index (χ2v) is 7.11. The number of amides is 3. The molecule has 162 valence electrons. The first kappa shape index (κ1) is 22.0. The van der Waals surface area contributed by atoms with Crippen LogP contribution in [0.1, 0.15) is 5.69 Å². The van der Waals surface area contributed by atoms with E-state index in [1.165, 1.54) is 39.7 Å². The van der Waals surface area contributed by atoms with Gasteiger partial charge in [0.2, 0.25) is 17.6 Å². The lowest BCUT2D eigenvalue weighted by atomic mass is 10.1. The van der Waals surface area contributed by atoms with Gasteiger partial charge in [0.25, 0.3) is 5.91 Å². The van der Waals surface area contributed by atoms with Crippen molar-refractivity contribution >= 4 is 46.1 Å². The Balaban J connectivity index is 1.62. The number of aromatic nitrogens is 1. The van der Waals surface area contributed by atoms with Crippen LogP contribution < -0.4 is 24.8 Å². The Morgan fingerprint density at radius 3 is 2.42 bits per heavy atom. The zero-order valence-electron chi connectivity index (χ0n) is 17.0. The Morgan fingerprint density at radius 1 is 1.10 bits per heavy atom. The summed E-state index contributed by atoms with van der Waals surface area (Å²) in [7, 11) is 4.46. The van der Waals surface area contributed by atoms with Gasteiger partial charge in [-0.05, 0) is 6.08 Å². The monoisotopic (exact) mass is 444 g/mol. The van der Waals surface area contributed by atoms with Crippen LogP contribution in [0.3, 0.4) is 0 Å². The van der Waals surface area contributed by atoms with Crippen LogP contribution in [0.2, 0.25) is 0 Å². The number of anilines is 2. The number of dihydropyridines is 1. The smallest absolute Gasteiger partial charge is 0.262 e. The molecule has 2 heterocycles. The normalized spacial score (nSPS) is 14.8. The van der Waals surface area contributed by atoms with Crippen molar-refractivity contribution in [1.29, 1.82) is 0 Å². The molecule has 0 aliphatic carbocycles. The molecule has 0 fully saturated rings. The largest absolute Gasteiger partial charge is 0.493 e. The molecule has 11 heteroatoms. The molecule has 2 aromatic rings. The number of hydrogen-bond donors (Lipinski definition) is 2. The molecule has 1 aromatic carbocycles. The van der Waals surface area contributed by atoms with E-state index in [9.17, 15) is 14.4 Å². The molecule has 1 aliphatic rings. The molecule has 0 radical (unpaired) electrons. The number of carbonyl (C=O) groups is 3. The minimum Gasteiger partial charge on any atom is -0.493 e. The van der Waals surface area contributed by atoms with E-state index < -0.39 is 17.7 Å². The molecule has 0 saturated heterocycles. The van der Waals surface area contributed by atoms with Crippen LogP contribution in [0.4, 0.5) is 10.8 Å². The van der Waals surface area contributed by atoms with Crippen LogP contribution in [0, 0.1) is 5.92 Å². The number of allylic oxidation sites excluding steroid dienone is 1. The first-order valence-electron chi connectivity index (χ1n) is 9.05. The minimum atomic E-state index is -0.985. The molecule has 0 bridgehead atoms. The van der Waals surface area contributed by atoms with E-state index in [0.717, 1.165) is 11.3 Å². The average Bonchev–Trinajstić information content (AvgIpc) is 3.19. The van der Waals surface area contributed by atoms with Gasteiger partial charge in [0.1, 0.15) is 5.92 Å². The van der Waals surface area contributed by atoms with Gasteiger partial charge in [-0.25, -0.2) is 9.98 Å². The Kier molecular flexibility index (Phi) is 6.98. The quantitative estimate of drug-likeness (QED) is 0.597. The number of hydrogen-bond acceptors (Lipinski definition) is 8. The van der Waals surface area contributed by atoms with Crippen molar-refractivity contribution in [3.8, 4) is 17.2 Å². The lowest BCUT2D eigenvalue weighted by molar-refractivity contribution is -0.128. The summed E-state index contributed by atoms with van der Waals surface area (Å²) in [6, 6.07) is 3.23. The molecule has 1 unspecified atom stereocenters. The Morgan fingerprint density at radius 2 is 1.81 bits per heavy atom. The van der Waals surface area contributed by atoms with Crippen LogP contribution in [-0.2, 0) is 20.8 Å². The maximum Gasteiger partial charge on any atom is 0.262 e. The van der Waals surface area contributed by atoms with Gasteiger partial charge in [-0.1, -0.05) is 6.08 Å². The van der Waals surface area contributed by atoms with Crippen molar-refractivity contribution in [2.24, 2.45) is 10.9 Å². The highest BCUT2D eigenvalue weighted by Gasteiger charge is 2.25. The number of benzene rings is 1. The van der Waals surface area contributed by atoms with E-state index in [2.05, 4.69) is 20.6 Å². The minimum absolute atomic E-state index is 0.0183. The van der Waals surface area contributed by atoms with Gasteiger partial charge < -0.3 is 24.8 Å². The van der Waals surface area contributed by atoms with Gasteiger partial charge in [-0.15, -0.1) is 11.3 Å². The number of thiazole rings is 1. The molecule has 31 heavy (non-hydrogen) atoms. The Bertz CT molecular complexity index is 1040. The summed E-state index contributed by atoms with van der Waals surface area (Å²) in [5.74, 6) is -1.14.